The number of hydrogen-bond acceptors (Lipinski definition) is 1. The van der Waals surface area contributed by atoms with Gasteiger partial charge in [-0.05, 0) is 0 Å². The molecule has 0 radical (unpaired) electrons. The molecule has 0 spiro atoms. The summed E-state index contributed by atoms with van der Waals surface area (Å²) in [6.07, 6.45) is 0. The van der Waals surface area contributed by atoms with Crippen LogP contribution in [0.5, 0.6) is 0 Å². The maximum atomic E-state index is 7.00. The fourth-order valence-electron chi connectivity index (χ4n) is 0. The van der Waals surface area contributed by atoms with Crippen LogP contribution in [-0.2, 0) is 0 Å². The third-order valence-electron chi connectivity index (χ3n) is 0. The monoisotopic (exact) mass is 160 g/mol. The van der Waals surface area contributed by atoms with Crippen LogP contribution in [0.2, 0.25) is 0 Å². The number of aliphatic hydroxyl groups excluding tert-OH is 1. The van der Waals surface area contributed by atoms with Gasteiger partial charge in [0.25, 0.3) is 0 Å². The molecule has 3 N–H and O–H groups in total. The molecule has 0 rings (SSSR count). The number of rotatable bonds is 0. The van der Waals surface area contributed by atoms with Gasteiger partial charge in [0.15, 0.2) is 0 Å². The van der Waals surface area contributed by atoms with E-state index in [0.29, 0.717) is 0 Å². The SMILES string of the molecule is CO.O.[Ca+2].[Cl-].[Cl-]. The Morgan fingerprint density at radius 2 is 1.00 bits per heavy atom. The van der Waals surface area contributed by atoms with Gasteiger partial charge in [-0.1, -0.05) is 0 Å². The van der Waals surface area contributed by atoms with Crippen LogP contribution in [0.1, 0.15) is 0 Å². The van der Waals surface area contributed by atoms with Gasteiger partial charge in [0.05, 0.1) is 0 Å². The fourth-order valence-corrected chi connectivity index (χ4v) is 0. The van der Waals surface area contributed by atoms with E-state index in [0.717, 1.165) is 7.11 Å². The van der Waals surface area contributed by atoms with Gasteiger partial charge in [0.2, 0.25) is 0 Å². The first-order valence-corrected chi connectivity index (χ1v) is 0.447. The minimum absolute atomic E-state index is 0. The first kappa shape index (κ1) is 46.6. The second kappa shape index (κ2) is 72.4. The number of hydrogen-bond donors (Lipinski definition) is 1. The summed E-state index contributed by atoms with van der Waals surface area (Å²) in [6, 6.07) is 0. The Hall–Kier alpha value is 1.76. The Morgan fingerprint density at radius 3 is 1.00 bits per heavy atom. The molecule has 0 aromatic heterocycles. The number of halogens is 2. The van der Waals surface area contributed by atoms with E-state index >= 15 is 0 Å². The normalized spacial score (nSPS) is 1.00. The molecule has 0 aromatic carbocycles. The van der Waals surface area contributed by atoms with Crippen molar-refractivity contribution in [2.75, 3.05) is 7.11 Å². The third-order valence-corrected chi connectivity index (χ3v) is 0. The second-order valence-electron chi connectivity index (χ2n) is 0. The van der Waals surface area contributed by atoms with E-state index < -0.39 is 0 Å². The molecule has 0 aliphatic heterocycles. The van der Waals surface area contributed by atoms with Crippen LogP contribution < -0.4 is 24.8 Å². The van der Waals surface area contributed by atoms with Crippen molar-refractivity contribution in [3.63, 3.8) is 0 Å². The maximum absolute atomic E-state index is 7.00. The summed E-state index contributed by atoms with van der Waals surface area (Å²) < 4.78 is 0. The molecular weight excluding hydrogens is 155 g/mol. The smallest absolute Gasteiger partial charge is 1.00 e. The van der Waals surface area contributed by atoms with E-state index in [-0.39, 0.29) is 68.0 Å². The largest absolute Gasteiger partial charge is 2.00 e. The average molecular weight is 161 g/mol. The standard InChI is InChI=1S/CH4O.Ca.2ClH.H2O/c1-2;;;;/h2H,1H3;;2*1H;1H2/q;+2;;;/p-2. The maximum Gasteiger partial charge on any atom is 2.00 e. The molecule has 0 saturated heterocycles. The summed E-state index contributed by atoms with van der Waals surface area (Å²) in [7, 11) is 1.00. The van der Waals surface area contributed by atoms with Crippen molar-refractivity contribution in [3.05, 3.63) is 0 Å². The Morgan fingerprint density at radius 1 is 1.00 bits per heavy atom. The van der Waals surface area contributed by atoms with Gasteiger partial charge in [-0.15, -0.1) is 0 Å². The minimum atomic E-state index is 0. The third kappa shape index (κ3) is 42.1. The Labute approximate surface area is 79.4 Å². The van der Waals surface area contributed by atoms with E-state index in [1.54, 1.807) is 0 Å². The van der Waals surface area contributed by atoms with Crippen molar-refractivity contribution in [2.24, 2.45) is 0 Å². The van der Waals surface area contributed by atoms with Gasteiger partial charge in [-0.3, -0.25) is 0 Å². The van der Waals surface area contributed by atoms with Crippen molar-refractivity contribution < 1.29 is 35.4 Å². The zero-order valence-electron chi connectivity index (χ0n) is 3.41. The van der Waals surface area contributed by atoms with E-state index in [9.17, 15) is 0 Å². The van der Waals surface area contributed by atoms with E-state index in [1.807, 2.05) is 0 Å². The van der Waals surface area contributed by atoms with E-state index in [2.05, 4.69) is 0 Å². The fraction of sp³-hybridized carbons (Fsp3) is 1.00. The average Bonchev–Trinajstić information content (AvgIpc) is 1.00. The zero-order chi connectivity index (χ0) is 2.00. The topological polar surface area (TPSA) is 51.7 Å². The van der Waals surface area contributed by atoms with Crippen molar-refractivity contribution in [1.29, 1.82) is 0 Å². The molecule has 5 heteroatoms. The van der Waals surface area contributed by atoms with Crippen LogP contribution in [-0.4, -0.2) is 55.4 Å². The quantitative estimate of drug-likeness (QED) is 0.352. The van der Waals surface area contributed by atoms with Gasteiger partial charge in [0.1, 0.15) is 0 Å². The molecule has 6 heavy (non-hydrogen) atoms. The molecule has 2 nitrogen and oxygen atoms in total. The summed E-state index contributed by atoms with van der Waals surface area (Å²) in [5.41, 5.74) is 0. The van der Waals surface area contributed by atoms with E-state index in [1.165, 1.54) is 0 Å². The second-order valence-corrected chi connectivity index (χ2v) is 0. The molecule has 0 bridgehead atoms. The molecule has 0 unspecified atom stereocenters. The van der Waals surface area contributed by atoms with Crippen LogP contribution in [0.25, 0.3) is 0 Å². The van der Waals surface area contributed by atoms with Gasteiger partial charge in [0, 0.05) is 7.11 Å². The van der Waals surface area contributed by atoms with Crippen molar-refractivity contribution in [2.45, 2.75) is 0 Å². The van der Waals surface area contributed by atoms with Crippen molar-refractivity contribution in [3.8, 4) is 0 Å². The first-order valence-electron chi connectivity index (χ1n) is 0.447. The zero-order valence-corrected chi connectivity index (χ0v) is 7.13. The summed E-state index contributed by atoms with van der Waals surface area (Å²) in [4.78, 5) is 0. The van der Waals surface area contributed by atoms with Crippen LogP contribution in [0.3, 0.4) is 0 Å². The van der Waals surface area contributed by atoms with E-state index in [4.69, 9.17) is 5.11 Å². The van der Waals surface area contributed by atoms with Crippen LogP contribution in [0.4, 0.5) is 0 Å². The Bertz CT molecular complexity index is 11.5. The molecule has 0 saturated carbocycles. The molecule has 38 valence electrons. The molecule has 0 amide bonds. The van der Waals surface area contributed by atoms with Crippen LogP contribution in [0, 0.1) is 0 Å². The summed E-state index contributed by atoms with van der Waals surface area (Å²) in [5, 5.41) is 7.00. The predicted octanol–water partition coefficient (Wildman–Crippen LogP) is -7.59. The molecule has 0 heterocycles. The minimum Gasteiger partial charge on any atom is -1.00 e. The summed E-state index contributed by atoms with van der Waals surface area (Å²) in [5.74, 6) is 0. The Kier molecular flexibility index (Phi) is 562. The van der Waals surface area contributed by atoms with Crippen molar-refractivity contribution in [1.82, 2.24) is 0 Å². The molecule has 0 aromatic rings. The van der Waals surface area contributed by atoms with Gasteiger partial charge < -0.3 is 35.4 Å². The molecular formula is CH6CaCl2O2. The van der Waals surface area contributed by atoms with Gasteiger partial charge >= 0.3 is 37.7 Å². The molecule has 0 aliphatic rings. The molecule has 0 aliphatic carbocycles. The van der Waals surface area contributed by atoms with Gasteiger partial charge in [-0.25, -0.2) is 0 Å². The van der Waals surface area contributed by atoms with Crippen LogP contribution in [0.15, 0.2) is 0 Å². The Balaban J connectivity index is -0.000000000833. The number of aliphatic hydroxyl groups is 1. The summed E-state index contributed by atoms with van der Waals surface area (Å²) in [6.45, 7) is 0. The molecule has 0 atom stereocenters. The van der Waals surface area contributed by atoms with Crippen LogP contribution >= 0.6 is 0 Å². The summed E-state index contributed by atoms with van der Waals surface area (Å²) >= 11 is 0. The molecule has 0 fully saturated rings. The van der Waals surface area contributed by atoms with Crippen molar-refractivity contribution >= 4 is 37.7 Å². The first-order chi connectivity index (χ1) is 1.00. The predicted molar refractivity (Wildman–Crippen MR) is 17.5 cm³/mol. The van der Waals surface area contributed by atoms with Gasteiger partial charge in [-0.2, -0.15) is 0 Å².